The fourth-order valence-electron chi connectivity index (χ4n) is 4.20. The first-order valence-electron chi connectivity index (χ1n) is 9.84. The quantitative estimate of drug-likeness (QED) is 0.770. The number of sulfonamides is 1. The lowest BCUT2D eigenvalue weighted by molar-refractivity contribution is -0.138. The van der Waals surface area contributed by atoms with E-state index in [4.69, 9.17) is 4.74 Å². The van der Waals surface area contributed by atoms with Crippen molar-refractivity contribution in [2.45, 2.75) is 55.9 Å². The van der Waals surface area contributed by atoms with Gasteiger partial charge in [0.1, 0.15) is 5.75 Å². The van der Waals surface area contributed by atoms with Gasteiger partial charge in [0.2, 0.25) is 15.9 Å². The van der Waals surface area contributed by atoms with E-state index in [0.29, 0.717) is 24.8 Å². The third-order valence-corrected chi connectivity index (χ3v) is 7.78. The van der Waals surface area contributed by atoms with Gasteiger partial charge in [0.05, 0.1) is 17.9 Å². The average Bonchev–Trinajstić information content (AvgIpc) is 2.73. The smallest absolute Gasteiger partial charge is 0.243 e. The number of methoxy groups -OCH3 is 1. The summed E-state index contributed by atoms with van der Waals surface area (Å²) < 4.78 is 32.5. The highest BCUT2D eigenvalue weighted by molar-refractivity contribution is 7.89. The summed E-state index contributed by atoms with van der Waals surface area (Å²) in [5.74, 6) is 0.463. The molecule has 150 valence electrons. The first-order chi connectivity index (χ1) is 12.9. The Hall–Kier alpha value is -1.60. The van der Waals surface area contributed by atoms with Crippen LogP contribution in [0.25, 0.3) is 0 Å². The Kier molecular flexibility index (Phi) is 6.42. The molecule has 1 saturated carbocycles. The van der Waals surface area contributed by atoms with Crippen molar-refractivity contribution in [2.24, 2.45) is 5.92 Å². The minimum Gasteiger partial charge on any atom is -0.497 e. The van der Waals surface area contributed by atoms with E-state index in [0.717, 1.165) is 19.3 Å². The number of rotatable bonds is 5. The largest absolute Gasteiger partial charge is 0.497 e. The van der Waals surface area contributed by atoms with E-state index in [9.17, 15) is 13.2 Å². The van der Waals surface area contributed by atoms with E-state index < -0.39 is 10.0 Å². The van der Waals surface area contributed by atoms with Crippen LogP contribution in [0.5, 0.6) is 5.75 Å². The molecule has 27 heavy (non-hydrogen) atoms. The molecule has 0 aromatic heterocycles. The van der Waals surface area contributed by atoms with Crippen LogP contribution < -0.4 is 4.74 Å². The average molecular weight is 395 g/mol. The lowest BCUT2D eigenvalue weighted by atomic mass is 9.92. The minimum atomic E-state index is -3.60. The predicted octanol–water partition coefficient (Wildman–Crippen LogP) is 2.89. The van der Waals surface area contributed by atoms with Gasteiger partial charge >= 0.3 is 0 Å². The number of amides is 1. The van der Waals surface area contributed by atoms with Gasteiger partial charge in [-0.15, -0.1) is 0 Å². The number of carbonyl (C=O) groups is 1. The molecule has 1 saturated heterocycles. The van der Waals surface area contributed by atoms with E-state index in [2.05, 4.69) is 0 Å². The van der Waals surface area contributed by atoms with Gasteiger partial charge in [0.25, 0.3) is 0 Å². The molecule has 0 spiro atoms. The molecule has 1 aromatic carbocycles. The van der Waals surface area contributed by atoms with Crippen molar-refractivity contribution in [3.8, 4) is 5.75 Å². The van der Waals surface area contributed by atoms with Crippen LogP contribution in [-0.2, 0) is 14.8 Å². The van der Waals surface area contributed by atoms with Crippen LogP contribution in [0.1, 0.15) is 44.9 Å². The number of hydrogen-bond acceptors (Lipinski definition) is 4. The Morgan fingerprint density at radius 3 is 2.37 bits per heavy atom. The molecule has 1 atom stereocenters. The molecule has 1 aliphatic heterocycles. The van der Waals surface area contributed by atoms with E-state index in [-0.39, 0.29) is 23.3 Å². The van der Waals surface area contributed by atoms with Crippen LogP contribution in [0.4, 0.5) is 0 Å². The highest BCUT2D eigenvalue weighted by Gasteiger charge is 2.35. The zero-order valence-corrected chi connectivity index (χ0v) is 17.1. The van der Waals surface area contributed by atoms with Crippen molar-refractivity contribution in [3.05, 3.63) is 24.3 Å². The van der Waals surface area contributed by atoms with Crippen molar-refractivity contribution < 1.29 is 17.9 Å². The number of hydrogen-bond donors (Lipinski definition) is 0. The van der Waals surface area contributed by atoms with Crippen LogP contribution in [0.15, 0.2) is 29.2 Å². The van der Waals surface area contributed by atoms with Gasteiger partial charge in [0.15, 0.2) is 0 Å². The fourth-order valence-corrected chi connectivity index (χ4v) is 5.72. The lowest BCUT2D eigenvalue weighted by Gasteiger charge is -2.37. The monoisotopic (exact) mass is 394 g/mol. The van der Waals surface area contributed by atoms with Gasteiger partial charge in [0, 0.05) is 26.2 Å². The van der Waals surface area contributed by atoms with Crippen LogP contribution in [0, 0.1) is 5.92 Å². The van der Waals surface area contributed by atoms with Crippen molar-refractivity contribution in [1.29, 1.82) is 0 Å². The number of ether oxygens (including phenoxy) is 1. The maximum absolute atomic E-state index is 13.0. The summed E-state index contributed by atoms with van der Waals surface area (Å²) in [4.78, 5) is 15.1. The molecule has 7 heteroatoms. The highest BCUT2D eigenvalue weighted by Crippen LogP contribution is 2.28. The molecule has 1 amide bonds. The summed E-state index contributed by atoms with van der Waals surface area (Å²) in [6, 6.07) is 6.73. The molecule has 0 radical (unpaired) electrons. The number of carbonyl (C=O) groups excluding carboxylic acids is 1. The third kappa shape index (κ3) is 4.46. The summed E-state index contributed by atoms with van der Waals surface area (Å²) in [6.45, 7) is 0.732. The second-order valence-corrected chi connectivity index (χ2v) is 9.56. The Morgan fingerprint density at radius 2 is 1.74 bits per heavy atom. The maximum Gasteiger partial charge on any atom is 0.243 e. The molecule has 1 aromatic rings. The Morgan fingerprint density at radius 1 is 1.07 bits per heavy atom. The summed E-state index contributed by atoms with van der Waals surface area (Å²) in [7, 11) is -0.164. The molecular weight excluding hydrogens is 364 g/mol. The highest BCUT2D eigenvalue weighted by atomic mass is 32.2. The second kappa shape index (κ2) is 8.61. The van der Waals surface area contributed by atoms with Gasteiger partial charge in [-0.25, -0.2) is 8.42 Å². The molecule has 2 fully saturated rings. The Bertz CT molecular complexity index is 742. The van der Waals surface area contributed by atoms with Gasteiger partial charge < -0.3 is 9.64 Å². The topological polar surface area (TPSA) is 66.9 Å². The van der Waals surface area contributed by atoms with Crippen LogP contribution in [-0.4, -0.2) is 56.8 Å². The van der Waals surface area contributed by atoms with Crippen molar-refractivity contribution in [1.82, 2.24) is 9.21 Å². The van der Waals surface area contributed by atoms with Crippen LogP contribution in [0.2, 0.25) is 0 Å². The zero-order valence-electron chi connectivity index (χ0n) is 16.3. The van der Waals surface area contributed by atoms with E-state index in [1.54, 1.807) is 31.4 Å². The molecule has 1 heterocycles. The molecular formula is C20H30N2O4S. The van der Waals surface area contributed by atoms with Crippen LogP contribution >= 0.6 is 0 Å². The first-order valence-corrected chi connectivity index (χ1v) is 11.3. The predicted molar refractivity (Wildman–Crippen MR) is 104 cm³/mol. The Balaban J connectivity index is 1.69. The normalized spacial score (nSPS) is 22.4. The number of piperidine rings is 1. The van der Waals surface area contributed by atoms with Crippen molar-refractivity contribution in [3.63, 3.8) is 0 Å². The minimum absolute atomic E-state index is 0.0940. The molecule has 6 nitrogen and oxygen atoms in total. The maximum atomic E-state index is 13.0. The summed E-state index contributed by atoms with van der Waals surface area (Å²) in [6.07, 6.45) is 7.17. The molecule has 0 N–H and O–H groups in total. The molecule has 1 unspecified atom stereocenters. The fraction of sp³-hybridized carbons (Fsp3) is 0.650. The van der Waals surface area contributed by atoms with Crippen LogP contribution in [0.3, 0.4) is 0 Å². The lowest BCUT2D eigenvalue weighted by Crippen LogP contribution is -2.48. The van der Waals surface area contributed by atoms with Gasteiger partial charge in [-0.2, -0.15) is 4.31 Å². The second-order valence-electron chi connectivity index (χ2n) is 7.62. The first kappa shape index (κ1) is 20.1. The van der Waals surface area contributed by atoms with Gasteiger partial charge in [-0.3, -0.25) is 4.79 Å². The standard InChI is InChI=1S/C20H30N2O4S/c1-21(17-8-4-3-5-9-17)20(23)16-7-6-14-22(15-16)27(24,25)19-12-10-18(26-2)11-13-19/h10-13,16-17H,3-9,14-15H2,1-2H3. The molecule has 1 aliphatic carbocycles. The zero-order chi connectivity index (χ0) is 19.4. The summed E-state index contributed by atoms with van der Waals surface area (Å²) in [5, 5.41) is 0. The van der Waals surface area contributed by atoms with Gasteiger partial charge in [-0.05, 0) is 49.9 Å². The SMILES string of the molecule is COc1ccc(S(=O)(=O)N2CCCC(C(=O)N(C)C3CCCCC3)C2)cc1. The van der Waals surface area contributed by atoms with E-state index >= 15 is 0 Å². The summed E-state index contributed by atoms with van der Waals surface area (Å²) in [5.41, 5.74) is 0. The third-order valence-electron chi connectivity index (χ3n) is 5.90. The Labute approximate surface area is 162 Å². The molecule has 2 aliphatic rings. The van der Waals surface area contributed by atoms with E-state index in [1.807, 2.05) is 11.9 Å². The number of nitrogens with zero attached hydrogens (tertiary/aromatic N) is 2. The van der Waals surface area contributed by atoms with E-state index in [1.165, 1.54) is 23.6 Å². The number of benzene rings is 1. The molecule has 0 bridgehead atoms. The molecule has 3 rings (SSSR count). The van der Waals surface area contributed by atoms with Crippen molar-refractivity contribution >= 4 is 15.9 Å². The van der Waals surface area contributed by atoms with Crippen molar-refractivity contribution in [2.75, 3.05) is 27.2 Å². The van der Waals surface area contributed by atoms with Gasteiger partial charge in [-0.1, -0.05) is 19.3 Å². The summed E-state index contributed by atoms with van der Waals surface area (Å²) >= 11 is 0.